The molecule has 6 aliphatic heterocycles. The first-order chi connectivity index (χ1) is 52.2. The number of fused-ring (bicyclic) bond motifs is 4. The zero-order chi connectivity index (χ0) is 81.0. The van der Waals surface area contributed by atoms with E-state index in [1.54, 1.807) is 44.9 Å². The molecular weight excluding hydrogens is 1700 g/mol. The fraction of sp³-hybridized carbons (Fsp3) is 0.543. The quantitative estimate of drug-likeness (QED) is 0.00817. The van der Waals surface area contributed by atoms with Gasteiger partial charge in [0.1, 0.15) is 59.9 Å². The van der Waals surface area contributed by atoms with Gasteiger partial charge < -0.3 is 39.3 Å². The molecule has 41 heteroatoms. The number of rotatable bonds is 30. The van der Waals surface area contributed by atoms with E-state index < -0.39 is 97.1 Å². The summed E-state index contributed by atoms with van der Waals surface area (Å²) in [4.78, 5) is 107. The molecule has 7 N–H and O–H groups in total. The van der Waals surface area contributed by atoms with Crippen molar-refractivity contribution < 1.29 is 81.8 Å². The maximum atomic E-state index is 13.4. The van der Waals surface area contributed by atoms with Crippen LogP contribution in [0.3, 0.4) is 0 Å². The molecule has 12 atom stereocenters. The number of alkyl halides is 1. The first kappa shape index (κ1) is 87.1. The predicted molar refractivity (Wildman–Crippen MR) is 435 cm³/mol. The van der Waals surface area contributed by atoms with E-state index >= 15 is 0 Å². The second-order valence-corrected chi connectivity index (χ2v) is 47.6. The summed E-state index contributed by atoms with van der Waals surface area (Å²) in [5, 5.41) is 8.04. The minimum absolute atomic E-state index is 0.0317. The van der Waals surface area contributed by atoms with Gasteiger partial charge in [-0.05, 0) is 70.3 Å². The lowest BCUT2D eigenvalue weighted by Crippen LogP contribution is -2.62. The van der Waals surface area contributed by atoms with Gasteiger partial charge in [0, 0.05) is 69.8 Å². The van der Waals surface area contributed by atoms with Crippen molar-refractivity contribution in [2.24, 2.45) is 28.8 Å². The Morgan fingerprint density at radius 1 is 0.658 bits per heavy atom. The summed E-state index contributed by atoms with van der Waals surface area (Å²) in [6, 6.07) is 7.58. The molecule has 0 radical (unpaired) electrons. The molecule has 0 saturated carbocycles. The molecule has 6 aromatic rings. The lowest BCUT2D eigenvalue weighted by Gasteiger charge is -2.49. The number of thioether (sulfide) groups is 2. The summed E-state index contributed by atoms with van der Waals surface area (Å²) in [5.41, 5.74) is 15.4. The van der Waals surface area contributed by atoms with E-state index in [0.717, 1.165) is 15.3 Å². The van der Waals surface area contributed by atoms with Crippen LogP contribution in [0, 0.1) is 23.7 Å². The van der Waals surface area contributed by atoms with Crippen LogP contribution in [0.5, 0.6) is 0 Å². The third kappa shape index (κ3) is 20.0. The monoisotopic (exact) mass is 1790 g/mol. The van der Waals surface area contributed by atoms with Gasteiger partial charge in [-0.3, -0.25) is 46.5 Å². The molecule has 111 heavy (non-hydrogen) atoms. The molecule has 4 saturated heterocycles. The molecule has 12 rings (SSSR count). The Morgan fingerprint density at radius 3 is 1.46 bits per heavy atom. The Bertz CT molecular complexity index is 4750. The Kier molecular flexibility index (Phi) is 28.1. The Morgan fingerprint density at radius 2 is 1.07 bits per heavy atom. The van der Waals surface area contributed by atoms with Crippen LogP contribution in [-0.2, 0) is 98.4 Å². The van der Waals surface area contributed by atoms with Crippen LogP contribution in [0.4, 0.5) is 11.6 Å². The number of carbonyl (C=O) groups excluding carboxylic acids is 6. The summed E-state index contributed by atoms with van der Waals surface area (Å²) < 4.78 is 103. The van der Waals surface area contributed by atoms with Crippen LogP contribution in [0.1, 0.15) is 90.4 Å². The molecule has 604 valence electrons. The van der Waals surface area contributed by atoms with Crippen LogP contribution < -0.4 is 21.3 Å². The fourth-order valence-electron chi connectivity index (χ4n) is 12.7. The van der Waals surface area contributed by atoms with E-state index in [1.165, 1.54) is 57.7 Å². The fourth-order valence-corrected chi connectivity index (χ4v) is 21.7. The van der Waals surface area contributed by atoms with Gasteiger partial charge in [0.2, 0.25) is 11.8 Å². The smallest absolute Gasteiger partial charge is 0.355 e. The lowest BCUT2D eigenvalue weighted by atomic mass is 9.89. The van der Waals surface area contributed by atoms with Crippen LogP contribution in [0.15, 0.2) is 108 Å². The average molecular weight is 1800 g/mol. The highest BCUT2D eigenvalue weighted by Gasteiger charge is 2.57. The van der Waals surface area contributed by atoms with Gasteiger partial charge >= 0.3 is 32.5 Å². The van der Waals surface area contributed by atoms with Crippen molar-refractivity contribution in [3.63, 3.8) is 0 Å². The van der Waals surface area contributed by atoms with E-state index in [2.05, 4.69) is 138 Å². The number of thiophene rings is 2. The number of aromatic nitrogens is 8. The number of amides is 2. The third-order valence-corrected chi connectivity index (χ3v) is 36.6. The Balaban J connectivity index is 0.000000196. The zero-order valence-electron chi connectivity index (χ0n) is 63.6. The number of hydrogen-bond acceptors (Lipinski definition) is 30. The topological polar surface area (TPSA) is 428 Å². The number of Topliss-reactive ketones (excluding diaryl/α,β-unsaturated/α-hetero) is 2. The molecule has 0 unspecified atom stereocenters. The number of β-lactam (4-membered cyclic amide) rings is 2. The van der Waals surface area contributed by atoms with Gasteiger partial charge in [-0.1, -0.05) is 115 Å². The molecule has 0 bridgehead atoms. The SMILES string of the molecule is C=CCOC(=O)C1=C(CI)CS[C@@H]2[C@H](CC(=O)Cc3cccs3)C(=O)N12.C=CCOC(=O)C1=C(CNS(=O)(=O)OC[C@H]2O[C@@H](n3cnc4c(N)ncnc43)[C@H](O[Si](C)(C)C(C)(C)C)[C@@H]2C)CS[C@@H]2[C@H](CC(=O)Cc3cccs3)C(=O)N12.C[C@H]1[C@@H](O[Si](C)(C)C(C)(C)C)[C@H](n2cnc3c(N)ncnc32)O[C@@H]1COS(N)(=O)=O. The highest BCUT2D eigenvalue weighted by atomic mass is 127. The van der Waals surface area contributed by atoms with Crippen molar-refractivity contribution in [3.8, 4) is 0 Å². The van der Waals surface area contributed by atoms with E-state index in [4.69, 9.17) is 52.8 Å². The number of anilines is 2. The number of imidazole rings is 2. The standard InChI is InChI=1S/C35H47N7O9S3Si.C18H18INO4S2.C17H30N6O5SSi/c1-8-11-48-34(45)27-21(17-53-33-24(31(44)42(27)33)14-22(43)13-23-10-9-12-52-23)15-40-54(46,47)49-16-25-20(2)28(51-55(6,7)35(3,4)5)32(50-25)41-19-39-26-29(36)37-18-38-30(26)41;1-2-5-24-18(23)15-11(9-19)10-26-17-14(16(22)20(15)17)8-12(21)7-13-4-3-6-25-13;1-10-11(7-26-29(19,24)25)27-16(13(10)28-30(5,6)17(2,3)4)23-9-22-12-14(18)20-8-21-15(12)23/h8-10,12,18-20,24-25,28,32-33,40H,1,11,13-17H2,2-7H3,(H2,36,37,38);2-4,6,14,17H,1,5,7-10H2;8-11,13,16H,7H2,1-6H3,(H2,18,20,21)(H2,19,24,25)/t20-,24-,25-,28-,32-,33-;14-,17-;10-,11-,13-,16-/m111/s1. The first-order valence-electron chi connectivity index (χ1n) is 35.6. The second kappa shape index (κ2) is 35.9. The molecule has 32 nitrogen and oxygen atoms in total. The normalized spacial score (nSPS) is 24.3. The van der Waals surface area contributed by atoms with Crippen molar-refractivity contribution in [1.29, 1.82) is 0 Å². The van der Waals surface area contributed by atoms with Crippen molar-refractivity contribution in [2.45, 2.75) is 165 Å². The summed E-state index contributed by atoms with van der Waals surface area (Å²) in [7, 11) is -13.0. The average Bonchev–Trinajstić information content (AvgIpc) is 1.73. The van der Waals surface area contributed by atoms with Crippen molar-refractivity contribution in [1.82, 2.24) is 53.6 Å². The molecule has 2 amide bonds. The third-order valence-electron chi connectivity index (χ3n) is 20.8. The maximum Gasteiger partial charge on any atom is 0.355 e. The molecule has 0 spiro atoms. The van der Waals surface area contributed by atoms with Crippen molar-refractivity contribution >= 4 is 175 Å². The number of nitrogens with one attached hydrogen (secondary N) is 1. The number of carbonyl (C=O) groups is 6. The molecule has 12 heterocycles. The Labute approximate surface area is 677 Å². The highest BCUT2D eigenvalue weighted by Crippen LogP contribution is 2.50. The molecule has 0 aliphatic carbocycles. The number of nitrogens with zero attached hydrogens (tertiary/aromatic N) is 10. The maximum absolute atomic E-state index is 13.4. The van der Waals surface area contributed by atoms with E-state index in [0.29, 0.717) is 50.2 Å². The van der Waals surface area contributed by atoms with Gasteiger partial charge in [0.25, 0.3) is 0 Å². The minimum atomic E-state index is -4.40. The van der Waals surface area contributed by atoms with Crippen LogP contribution >= 0.6 is 68.8 Å². The second-order valence-electron chi connectivity index (χ2n) is 30.4. The van der Waals surface area contributed by atoms with E-state index in [-0.39, 0.29) is 132 Å². The van der Waals surface area contributed by atoms with Crippen molar-refractivity contribution in [3.05, 3.63) is 118 Å². The number of ether oxygens (including phenoxy) is 4. The summed E-state index contributed by atoms with van der Waals surface area (Å²) in [6.07, 6.45) is 6.11. The van der Waals surface area contributed by atoms with Gasteiger partial charge in [0.05, 0.1) is 72.9 Å². The van der Waals surface area contributed by atoms with Crippen LogP contribution in [0.2, 0.25) is 36.3 Å². The summed E-state index contributed by atoms with van der Waals surface area (Å²) in [6.45, 7) is 31.5. The van der Waals surface area contributed by atoms with Crippen LogP contribution in [0.25, 0.3) is 22.3 Å². The molecule has 6 aromatic heterocycles. The van der Waals surface area contributed by atoms with Crippen LogP contribution in [-0.4, -0.2) is 202 Å². The minimum Gasteiger partial charge on any atom is -0.457 e. The molecular formula is C70H95IN14O18S6Si2. The summed E-state index contributed by atoms with van der Waals surface area (Å²) in [5.74, 6) is -1.93. The molecule has 6 aliphatic rings. The number of ketones is 2. The van der Waals surface area contributed by atoms with Gasteiger partial charge in [-0.25, -0.2) is 44.6 Å². The van der Waals surface area contributed by atoms with E-state index in [1.807, 2.05) is 48.9 Å². The number of hydrogen-bond donors (Lipinski definition) is 4. The highest BCUT2D eigenvalue weighted by molar-refractivity contribution is 14.1. The molecule has 4 fully saturated rings. The van der Waals surface area contributed by atoms with Crippen molar-refractivity contribution in [2.75, 3.05) is 60.4 Å². The van der Waals surface area contributed by atoms with Gasteiger partial charge in [0.15, 0.2) is 52.0 Å². The number of nitrogens with two attached hydrogens (primary N) is 3. The van der Waals surface area contributed by atoms with Gasteiger partial charge in [-0.2, -0.15) is 21.6 Å². The van der Waals surface area contributed by atoms with E-state index in [9.17, 15) is 45.6 Å². The first-order valence-corrected chi connectivity index (χ1v) is 49.6. The number of halogens is 1. The predicted octanol–water partition coefficient (Wildman–Crippen LogP) is 8.71. The zero-order valence-corrected chi connectivity index (χ0v) is 72.7. The number of nitrogen functional groups attached to an aromatic ring is 2. The number of esters is 2. The molecule has 0 aromatic carbocycles. The Hall–Kier alpha value is -6.28. The van der Waals surface area contributed by atoms with Gasteiger partial charge in [-0.15, -0.1) is 46.2 Å². The largest absolute Gasteiger partial charge is 0.457 e. The summed E-state index contributed by atoms with van der Waals surface area (Å²) >= 11 is 8.18. The lowest BCUT2D eigenvalue weighted by molar-refractivity contribution is -0.155.